The van der Waals surface area contributed by atoms with Crippen LogP contribution in [0.4, 0.5) is 0 Å². The Bertz CT molecular complexity index is 418. The van der Waals surface area contributed by atoms with Crippen LogP contribution < -0.4 is 0 Å². The predicted octanol–water partition coefficient (Wildman–Crippen LogP) is 3.09. The van der Waals surface area contributed by atoms with Gasteiger partial charge in [0.05, 0.1) is 0 Å². The monoisotopic (exact) mass is 232 g/mol. The molecule has 1 aromatic carbocycles. The number of carbonyl (C=O) groups is 1. The van der Waals surface area contributed by atoms with Crippen LogP contribution in [0, 0.1) is 0 Å². The summed E-state index contributed by atoms with van der Waals surface area (Å²) in [4.78, 5) is 11.8. The molecular weight excluding hydrogens is 216 g/mol. The first kappa shape index (κ1) is 13.0. The maximum atomic E-state index is 11.8. The maximum absolute atomic E-state index is 11.8. The Kier molecular flexibility index (Phi) is 5.01. The van der Waals surface area contributed by atoms with Crippen LogP contribution in [0.1, 0.15) is 18.9 Å². The van der Waals surface area contributed by atoms with Crippen molar-refractivity contribution in [1.82, 2.24) is 0 Å². The van der Waals surface area contributed by atoms with E-state index < -0.39 is 5.97 Å². The number of allylic oxidation sites excluding steroid dienone is 1. The van der Waals surface area contributed by atoms with Crippen molar-refractivity contribution in [1.29, 1.82) is 0 Å². The largest absolute Gasteiger partial charge is 0.511 e. The molecule has 0 heterocycles. The highest BCUT2D eigenvalue weighted by atomic mass is 16.5. The van der Waals surface area contributed by atoms with Gasteiger partial charge in [-0.25, -0.2) is 4.79 Å². The van der Waals surface area contributed by atoms with Gasteiger partial charge in [-0.05, 0) is 5.56 Å². The molecule has 0 aliphatic heterocycles. The lowest BCUT2D eigenvalue weighted by Gasteiger charge is -2.09. The number of aliphatic hydroxyl groups is 1. The van der Waals surface area contributed by atoms with E-state index in [1.165, 1.54) is 6.08 Å². The van der Waals surface area contributed by atoms with Crippen molar-refractivity contribution in [3.8, 4) is 0 Å². The van der Waals surface area contributed by atoms with Crippen molar-refractivity contribution in [2.45, 2.75) is 13.3 Å². The van der Waals surface area contributed by atoms with Crippen molar-refractivity contribution in [3.05, 3.63) is 54.3 Å². The highest BCUT2D eigenvalue weighted by Crippen LogP contribution is 2.20. The van der Waals surface area contributed by atoms with Gasteiger partial charge in [0, 0.05) is 6.42 Å². The van der Waals surface area contributed by atoms with Gasteiger partial charge in [0.15, 0.2) is 0 Å². The van der Waals surface area contributed by atoms with Gasteiger partial charge in [-0.1, -0.05) is 49.9 Å². The summed E-state index contributed by atoms with van der Waals surface area (Å²) in [6.07, 6.45) is 1.87. The van der Waals surface area contributed by atoms with Crippen molar-refractivity contribution in [2.75, 3.05) is 6.61 Å². The summed E-state index contributed by atoms with van der Waals surface area (Å²) in [5, 5.41) is 9.79. The van der Waals surface area contributed by atoms with Crippen LogP contribution in [0.5, 0.6) is 0 Å². The highest BCUT2D eigenvalue weighted by molar-refractivity contribution is 6.17. The first-order chi connectivity index (χ1) is 8.20. The predicted molar refractivity (Wildman–Crippen MR) is 67.4 cm³/mol. The van der Waals surface area contributed by atoms with E-state index >= 15 is 0 Å². The second kappa shape index (κ2) is 6.53. The fraction of sp³-hybridized carbons (Fsp3) is 0.214. The number of esters is 1. The Hall–Kier alpha value is -2.03. The third-order valence-electron chi connectivity index (χ3n) is 2.22. The standard InChI is InChI=1S/C14H16O3/c1-3-10-17-14(16)13(12(15)4-2)11-8-6-5-7-9-11/h3,5-9,15H,1,4,10H2,2H3. The molecule has 1 N–H and O–H groups in total. The maximum Gasteiger partial charge on any atom is 0.342 e. The molecule has 0 saturated carbocycles. The molecule has 0 aromatic heterocycles. The molecule has 0 bridgehead atoms. The Morgan fingerprint density at radius 1 is 1.41 bits per heavy atom. The Morgan fingerprint density at radius 2 is 2.06 bits per heavy atom. The first-order valence-corrected chi connectivity index (χ1v) is 5.46. The van der Waals surface area contributed by atoms with Gasteiger partial charge in [0.2, 0.25) is 0 Å². The molecule has 0 spiro atoms. The quantitative estimate of drug-likeness (QED) is 0.367. The second-order valence-corrected chi connectivity index (χ2v) is 3.43. The minimum absolute atomic E-state index is 0.0327. The van der Waals surface area contributed by atoms with Crippen LogP contribution in [-0.2, 0) is 9.53 Å². The fourth-order valence-electron chi connectivity index (χ4n) is 1.39. The van der Waals surface area contributed by atoms with E-state index in [0.717, 1.165) is 0 Å². The van der Waals surface area contributed by atoms with Gasteiger partial charge in [-0.15, -0.1) is 0 Å². The summed E-state index contributed by atoms with van der Waals surface area (Å²) in [5.41, 5.74) is 0.871. The summed E-state index contributed by atoms with van der Waals surface area (Å²) >= 11 is 0. The molecule has 0 aliphatic rings. The van der Waals surface area contributed by atoms with Crippen LogP contribution >= 0.6 is 0 Å². The van der Waals surface area contributed by atoms with Gasteiger partial charge in [0.1, 0.15) is 17.9 Å². The average molecular weight is 232 g/mol. The normalized spacial score (nSPS) is 11.6. The molecular formula is C14H16O3. The zero-order valence-electron chi connectivity index (χ0n) is 9.85. The molecule has 1 rings (SSSR count). The van der Waals surface area contributed by atoms with Crippen LogP contribution in [-0.4, -0.2) is 17.7 Å². The second-order valence-electron chi connectivity index (χ2n) is 3.43. The van der Waals surface area contributed by atoms with Gasteiger partial charge in [-0.3, -0.25) is 0 Å². The summed E-state index contributed by atoms with van der Waals surface area (Å²) in [5.74, 6) is -0.499. The summed E-state index contributed by atoms with van der Waals surface area (Å²) in [7, 11) is 0. The molecule has 3 nitrogen and oxygen atoms in total. The van der Waals surface area contributed by atoms with E-state index in [2.05, 4.69) is 6.58 Å². The molecule has 0 atom stereocenters. The van der Waals surface area contributed by atoms with Crippen molar-refractivity contribution in [3.63, 3.8) is 0 Å². The molecule has 0 amide bonds. The number of benzene rings is 1. The van der Waals surface area contributed by atoms with Crippen molar-refractivity contribution in [2.24, 2.45) is 0 Å². The van der Waals surface area contributed by atoms with Gasteiger partial charge >= 0.3 is 5.97 Å². The number of carbonyl (C=O) groups excluding carboxylic acids is 1. The Balaban J connectivity index is 3.06. The van der Waals surface area contributed by atoms with Crippen LogP contribution in [0.2, 0.25) is 0 Å². The molecule has 0 aliphatic carbocycles. The third kappa shape index (κ3) is 3.48. The van der Waals surface area contributed by atoms with Gasteiger partial charge in [-0.2, -0.15) is 0 Å². The lowest BCUT2D eigenvalue weighted by atomic mass is 10.0. The van der Waals surface area contributed by atoms with Crippen molar-refractivity contribution < 1.29 is 14.6 Å². The summed E-state index contributed by atoms with van der Waals surface area (Å²) < 4.78 is 4.96. The van der Waals surface area contributed by atoms with Crippen LogP contribution in [0.3, 0.4) is 0 Å². The van der Waals surface area contributed by atoms with E-state index in [9.17, 15) is 9.90 Å². The number of ether oxygens (including phenoxy) is 1. The van der Waals surface area contributed by atoms with E-state index in [0.29, 0.717) is 12.0 Å². The average Bonchev–Trinajstić information content (AvgIpc) is 2.37. The Labute approximate surface area is 101 Å². The number of hydrogen-bond donors (Lipinski definition) is 1. The lowest BCUT2D eigenvalue weighted by Crippen LogP contribution is -2.09. The zero-order chi connectivity index (χ0) is 12.7. The van der Waals surface area contributed by atoms with E-state index in [-0.39, 0.29) is 17.9 Å². The molecule has 0 unspecified atom stereocenters. The number of aliphatic hydroxyl groups excluding tert-OH is 1. The minimum atomic E-state index is -0.532. The topological polar surface area (TPSA) is 46.5 Å². The van der Waals surface area contributed by atoms with Crippen LogP contribution in [0.25, 0.3) is 5.57 Å². The Morgan fingerprint density at radius 3 is 2.59 bits per heavy atom. The number of rotatable bonds is 5. The van der Waals surface area contributed by atoms with E-state index in [1.54, 1.807) is 31.2 Å². The van der Waals surface area contributed by atoms with Gasteiger partial charge < -0.3 is 9.84 Å². The molecule has 1 aromatic rings. The molecule has 0 radical (unpaired) electrons. The number of hydrogen-bond acceptors (Lipinski definition) is 3. The summed E-state index contributed by atoms with van der Waals surface area (Å²) in [6.45, 7) is 5.38. The third-order valence-corrected chi connectivity index (χ3v) is 2.22. The van der Waals surface area contributed by atoms with Crippen molar-refractivity contribution >= 4 is 11.5 Å². The molecule has 3 heteroatoms. The van der Waals surface area contributed by atoms with E-state index in [4.69, 9.17) is 4.74 Å². The SMILES string of the molecule is C=CCOC(=O)C(=C(O)CC)c1ccccc1. The summed E-state index contributed by atoms with van der Waals surface area (Å²) in [6, 6.07) is 8.98. The molecule has 0 saturated heterocycles. The van der Waals surface area contributed by atoms with E-state index in [1.807, 2.05) is 6.07 Å². The highest BCUT2D eigenvalue weighted by Gasteiger charge is 2.17. The van der Waals surface area contributed by atoms with Crippen LogP contribution in [0.15, 0.2) is 48.7 Å². The smallest absolute Gasteiger partial charge is 0.342 e. The minimum Gasteiger partial charge on any atom is -0.511 e. The first-order valence-electron chi connectivity index (χ1n) is 5.46. The molecule has 17 heavy (non-hydrogen) atoms. The lowest BCUT2D eigenvalue weighted by molar-refractivity contribution is -0.135. The van der Waals surface area contributed by atoms with Gasteiger partial charge in [0.25, 0.3) is 0 Å². The molecule has 90 valence electrons. The molecule has 0 fully saturated rings. The fourth-order valence-corrected chi connectivity index (χ4v) is 1.39. The zero-order valence-corrected chi connectivity index (χ0v) is 9.85.